The van der Waals surface area contributed by atoms with Gasteiger partial charge in [-0.1, -0.05) is 30.3 Å². The molecule has 2 aromatic rings. The summed E-state index contributed by atoms with van der Waals surface area (Å²) in [5, 5.41) is 19.8. The van der Waals surface area contributed by atoms with Crippen LogP contribution in [0.15, 0.2) is 30.3 Å². The molecular weight excluding hydrogens is 216 g/mol. The van der Waals surface area contributed by atoms with Crippen molar-refractivity contribution in [1.29, 1.82) is 0 Å². The van der Waals surface area contributed by atoms with Crippen molar-refractivity contribution in [1.82, 2.24) is 20.5 Å². The van der Waals surface area contributed by atoms with E-state index in [1.54, 1.807) is 0 Å². The molecule has 0 aliphatic carbocycles. The van der Waals surface area contributed by atoms with Gasteiger partial charge >= 0.3 is 0 Å². The van der Waals surface area contributed by atoms with E-state index in [9.17, 15) is 5.11 Å². The summed E-state index contributed by atoms with van der Waals surface area (Å²) in [6.45, 7) is 0.617. The van der Waals surface area contributed by atoms with Gasteiger partial charge in [0.1, 0.15) is 5.82 Å². The predicted molar refractivity (Wildman–Crippen MR) is 63.2 cm³/mol. The van der Waals surface area contributed by atoms with Crippen molar-refractivity contribution >= 4 is 0 Å². The second-order valence-electron chi connectivity index (χ2n) is 4.26. The summed E-state index contributed by atoms with van der Waals surface area (Å²) in [6, 6.07) is 9.92. The van der Waals surface area contributed by atoms with Crippen LogP contribution in [0.3, 0.4) is 0 Å². The molecule has 2 heterocycles. The van der Waals surface area contributed by atoms with Crippen LogP contribution in [0.5, 0.6) is 0 Å². The van der Waals surface area contributed by atoms with E-state index in [1.807, 2.05) is 30.3 Å². The topological polar surface area (TPSA) is 73.8 Å². The van der Waals surface area contributed by atoms with Gasteiger partial charge in [0, 0.05) is 12.1 Å². The number of rotatable bonds is 2. The molecule has 1 saturated heterocycles. The number of aromatic nitrogens is 3. The average Bonchev–Trinajstić information content (AvgIpc) is 2.98. The first kappa shape index (κ1) is 10.4. The van der Waals surface area contributed by atoms with Gasteiger partial charge in [-0.25, -0.2) is 4.98 Å². The van der Waals surface area contributed by atoms with Crippen LogP contribution < -0.4 is 5.32 Å². The Bertz CT molecular complexity index is 496. The Balaban J connectivity index is 1.84. The summed E-state index contributed by atoms with van der Waals surface area (Å²) in [5.74, 6) is 1.49. The maximum atomic E-state index is 9.46. The Kier molecular flexibility index (Phi) is 2.62. The quantitative estimate of drug-likeness (QED) is 0.715. The molecule has 1 aliphatic rings. The number of H-pyrrole nitrogens is 1. The first-order valence-corrected chi connectivity index (χ1v) is 5.72. The fourth-order valence-electron chi connectivity index (χ4n) is 2.07. The number of aliphatic hydroxyl groups excluding tert-OH is 1. The number of nitrogens with zero attached hydrogens (tertiary/aromatic N) is 2. The van der Waals surface area contributed by atoms with Crippen LogP contribution in [-0.2, 0) is 0 Å². The van der Waals surface area contributed by atoms with Crippen molar-refractivity contribution in [3.63, 3.8) is 0 Å². The Labute approximate surface area is 98.9 Å². The molecule has 1 aliphatic heterocycles. The fraction of sp³-hybridized carbons (Fsp3) is 0.333. The third kappa shape index (κ3) is 2.07. The summed E-state index contributed by atoms with van der Waals surface area (Å²) < 4.78 is 0. The van der Waals surface area contributed by atoms with E-state index in [1.165, 1.54) is 0 Å². The van der Waals surface area contributed by atoms with Crippen LogP contribution in [0.1, 0.15) is 18.3 Å². The van der Waals surface area contributed by atoms with Gasteiger partial charge in [-0.2, -0.15) is 5.10 Å². The van der Waals surface area contributed by atoms with Gasteiger partial charge in [-0.05, 0) is 6.42 Å². The van der Waals surface area contributed by atoms with E-state index < -0.39 is 0 Å². The number of hydrogen-bond donors (Lipinski definition) is 3. The minimum Gasteiger partial charge on any atom is -0.392 e. The molecule has 0 radical (unpaired) electrons. The van der Waals surface area contributed by atoms with Crippen molar-refractivity contribution in [2.45, 2.75) is 18.6 Å². The zero-order valence-electron chi connectivity index (χ0n) is 9.30. The largest absolute Gasteiger partial charge is 0.392 e. The highest BCUT2D eigenvalue weighted by Crippen LogP contribution is 2.22. The second kappa shape index (κ2) is 4.27. The maximum absolute atomic E-state index is 9.46. The summed E-state index contributed by atoms with van der Waals surface area (Å²) in [7, 11) is 0. The minimum atomic E-state index is -0.287. The van der Waals surface area contributed by atoms with E-state index in [-0.39, 0.29) is 12.1 Å². The molecule has 2 atom stereocenters. The smallest absolute Gasteiger partial charge is 0.181 e. The second-order valence-corrected chi connectivity index (χ2v) is 4.26. The number of benzene rings is 1. The Morgan fingerprint density at radius 2 is 2.06 bits per heavy atom. The summed E-state index contributed by atoms with van der Waals surface area (Å²) in [6.07, 6.45) is 0.397. The number of β-amino-alcohol motifs (C(OH)–C–C–N with tert-alkyl or cyclic N) is 1. The number of aliphatic hydroxyl groups is 1. The van der Waals surface area contributed by atoms with Gasteiger partial charge in [-0.3, -0.25) is 5.10 Å². The molecule has 0 saturated carbocycles. The lowest BCUT2D eigenvalue weighted by Crippen LogP contribution is -2.15. The molecular formula is C12H14N4O. The molecule has 0 unspecified atom stereocenters. The van der Waals surface area contributed by atoms with Crippen molar-refractivity contribution in [3.8, 4) is 11.4 Å². The van der Waals surface area contributed by atoms with Crippen LogP contribution >= 0.6 is 0 Å². The summed E-state index contributed by atoms with van der Waals surface area (Å²) in [5.41, 5.74) is 0.994. The minimum absolute atomic E-state index is 0.0787. The van der Waals surface area contributed by atoms with E-state index in [0.717, 1.165) is 11.4 Å². The summed E-state index contributed by atoms with van der Waals surface area (Å²) >= 11 is 0. The molecule has 5 nitrogen and oxygen atoms in total. The fourth-order valence-corrected chi connectivity index (χ4v) is 2.07. The van der Waals surface area contributed by atoms with Crippen LogP contribution in [0.25, 0.3) is 11.4 Å². The lowest BCUT2D eigenvalue weighted by molar-refractivity contribution is 0.193. The first-order chi connectivity index (χ1) is 8.33. The van der Waals surface area contributed by atoms with Crippen molar-refractivity contribution in [2.24, 2.45) is 0 Å². The zero-order chi connectivity index (χ0) is 11.7. The first-order valence-electron chi connectivity index (χ1n) is 5.72. The monoisotopic (exact) mass is 230 g/mol. The average molecular weight is 230 g/mol. The normalized spacial score (nSPS) is 24.1. The SMILES string of the molecule is O[C@H]1CN[C@@H](c2nc(-c3ccccc3)n[nH]2)C1. The molecule has 17 heavy (non-hydrogen) atoms. The number of nitrogens with one attached hydrogen (secondary N) is 2. The molecule has 3 N–H and O–H groups in total. The van der Waals surface area contributed by atoms with Crippen molar-refractivity contribution in [2.75, 3.05) is 6.54 Å². The van der Waals surface area contributed by atoms with Crippen molar-refractivity contribution < 1.29 is 5.11 Å². The van der Waals surface area contributed by atoms with Gasteiger partial charge in [0.05, 0.1) is 12.1 Å². The summed E-state index contributed by atoms with van der Waals surface area (Å²) in [4.78, 5) is 4.46. The van der Waals surface area contributed by atoms with Crippen LogP contribution in [-0.4, -0.2) is 32.9 Å². The third-order valence-electron chi connectivity index (χ3n) is 2.97. The van der Waals surface area contributed by atoms with Crippen LogP contribution in [0.4, 0.5) is 0 Å². The molecule has 88 valence electrons. The molecule has 3 rings (SSSR count). The molecule has 5 heteroatoms. The van der Waals surface area contributed by atoms with E-state index in [2.05, 4.69) is 20.5 Å². The number of aromatic amines is 1. The highest BCUT2D eigenvalue weighted by Gasteiger charge is 2.26. The molecule has 1 fully saturated rings. The van der Waals surface area contributed by atoms with Gasteiger partial charge in [0.15, 0.2) is 5.82 Å². The lowest BCUT2D eigenvalue weighted by atomic mass is 10.2. The molecule has 0 spiro atoms. The Morgan fingerprint density at radius 3 is 2.76 bits per heavy atom. The third-order valence-corrected chi connectivity index (χ3v) is 2.97. The Morgan fingerprint density at radius 1 is 1.24 bits per heavy atom. The molecule has 1 aromatic carbocycles. The van der Waals surface area contributed by atoms with Crippen LogP contribution in [0, 0.1) is 0 Å². The standard InChI is InChI=1S/C12H14N4O/c17-9-6-10(13-7-9)12-14-11(15-16-12)8-4-2-1-3-5-8/h1-5,9-10,13,17H,6-7H2,(H,14,15,16)/t9-,10-/m1/s1. The Hall–Kier alpha value is -1.72. The van der Waals surface area contributed by atoms with Gasteiger partial charge in [0.25, 0.3) is 0 Å². The van der Waals surface area contributed by atoms with Crippen LogP contribution in [0.2, 0.25) is 0 Å². The molecule has 0 amide bonds. The van der Waals surface area contributed by atoms with E-state index >= 15 is 0 Å². The van der Waals surface area contributed by atoms with E-state index in [4.69, 9.17) is 0 Å². The van der Waals surface area contributed by atoms with Gasteiger partial charge < -0.3 is 10.4 Å². The molecule has 0 bridgehead atoms. The van der Waals surface area contributed by atoms with Crippen molar-refractivity contribution in [3.05, 3.63) is 36.2 Å². The maximum Gasteiger partial charge on any atom is 0.181 e. The van der Waals surface area contributed by atoms with E-state index in [0.29, 0.717) is 18.8 Å². The highest BCUT2D eigenvalue weighted by atomic mass is 16.3. The zero-order valence-corrected chi connectivity index (χ0v) is 9.30. The number of hydrogen-bond acceptors (Lipinski definition) is 4. The van der Waals surface area contributed by atoms with Gasteiger partial charge in [0.2, 0.25) is 0 Å². The predicted octanol–water partition coefficient (Wildman–Crippen LogP) is 0.867. The lowest BCUT2D eigenvalue weighted by Gasteiger charge is -2.03. The highest BCUT2D eigenvalue weighted by molar-refractivity contribution is 5.53. The van der Waals surface area contributed by atoms with Gasteiger partial charge in [-0.15, -0.1) is 0 Å². The molecule has 1 aromatic heterocycles.